The molecule has 0 aliphatic carbocycles. The molecule has 0 unspecified atom stereocenters. The number of nitrogen functional groups attached to an aromatic ring is 1. The number of aromatic nitrogens is 2. The summed E-state index contributed by atoms with van der Waals surface area (Å²) in [7, 11) is 0. The zero-order valence-corrected chi connectivity index (χ0v) is 11.7. The van der Waals surface area contributed by atoms with Crippen LogP contribution in [-0.2, 0) is 6.54 Å². The highest BCUT2D eigenvalue weighted by Gasteiger charge is 2.12. The molecule has 2 rings (SSSR count). The number of rotatable bonds is 4. The molecule has 104 valence electrons. The number of nitro groups is 1. The van der Waals surface area contributed by atoms with Crippen molar-refractivity contribution in [2.24, 2.45) is 5.84 Å². The van der Waals surface area contributed by atoms with E-state index in [1.54, 1.807) is 18.2 Å². The maximum absolute atomic E-state index is 11.9. The van der Waals surface area contributed by atoms with E-state index in [0.29, 0.717) is 11.5 Å². The maximum atomic E-state index is 11.9. The van der Waals surface area contributed by atoms with Gasteiger partial charge >= 0.3 is 0 Å². The molecule has 0 saturated heterocycles. The van der Waals surface area contributed by atoms with Crippen molar-refractivity contribution >= 4 is 27.4 Å². The Morgan fingerprint density at radius 3 is 2.90 bits per heavy atom. The van der Waals surface area contributed by atoms with Crippen LogP contribution in [-0.4, -0.2) is 14.5 Å². The second-order valence-corrected chi connectivity index (χ2v) is 4.75. The number of anilines is 1. The number of nitrogens with two attached hydrogens (primary N) is 1. The van der Waals surface area contributed by atoms with Gasteiger partial charge in [0.25, 0.3) is 11.2 Å². The van der Waals surface area contributed by atoms with Gasteiger partial charge in [-0.05, 0) is 28.1 Å². The van der Waals surface area contributed by atoms with Crippen LogP contribution >= 0.6 is 15.9 Å². The number of nitrogens with zero attached hydrogens (tertiary/aromatic N) is 3. The van der Waals surface area contributed by atoms with Gasteiger partial charge in [-0.15, -0.1) is 0 Å². The third-order valence-corrected chi connectivity index (χ3v) is 3.09. The predicted molar refractivity (Wildman–Crippen MR) is 76.2 cm³/mol. The lowest BCUT2D eigenvalue weighted by atomic mass is 10.3. The van der Waals surface area contributed by atoms with E-state index < -0.39 is 4.92 Å². The van der Waals surface area contributed by atoms with E-state index in [1.165, 1.54) is 16.8 Å². The summed E-state index contributed by atoms with van der Waals surface area (Å²) in [6, 6.07) is 6.24. The summed E-state index contributed by atoms with van der Waals surface area (Å²) in [6.45, 7) is 0.106. The minimum absolute atomic E-state index is 0.106. The molecule has 9 heteroatoms. The number of pyridine rings is 2. The lowest BCUT2D eigenvalue weighted by Gasteiger charge is -2.07. The first-order chi connectivity index (χ1) is 9.51. The average molecular weight is 340 g/mol. The Bertz CT molecular complexity index is 715. The third kappa shape index (κ3) is 3.00. The maximum Gasteiger partial charge on any atom is 0.286 e. The van der Waals surface area contributed by atoms with Crippen molar-refractivity contribution in [3.05, 3.63) is 61.1 Å². The molecule has 2 aromatic heterocycles. The van der Waals surface area contributed by atoms with Gasteiger partial charge in [0.15, 0.2) is 0 Å². The standard InChI is InChI=1S/C11H10BrN5O3/c12-9-4-8(17(19)20)6-16(11(9)18)5-7-2-1-3-10(14-7)15-13/h1-4,6H,5,13H2,(H,14,15). The highest BCUT2D eigenvalue weighted by molar-refractivity contribution is 9.10. The van der Waals surface area contributed by atoms with Crippen molar-refractivity contribution < 1.29 is 4.92 Å². The fraction of sp³-hybridized carbons (Fsp3) is 0.0909. The predicted octanol–water partition coefficient (Wildman–Crippen LogP) is 1.25. The van der Waals surface area contributed by atoms with Crippen LogP contribution in [0.25, 0.3) is 0 Å². The van der Waals surface area contributed by atoms with Gasteiger partial charge in [-0.3, -0.25) is 14.9 Å². The number of halogens is 1. The van der Waals surface area contributed by atoms with Crippen molar-refractivity contribution in [3.8, 4) is 0 Å². The van der Waals surface area contributed by atoms with Gasteiger partial charge in [0.05, 0.1) is 27.8 Å². The van der Waals surface area contributed by atoms with Gasteiger partial charge in [0, 0.05) is 6.07 Å². The number of hydrazine groups is 1. The second kappa shape index (κ2) is 5.80. The summed E-state index contributed by atoms with van der Waals surface area (Å²) in [5, 5.41) is 10.8. The molecule has 0 bridgehead atoms. The van der Waals surface area contributed by atoms with Gasteiger partial charge in [-0.2, -0.15) is 0 Å². The summed E-state index contributed by atoms with van der Waals surface area (Å²) >= 11 is 3.02. The topological polar surface area (TPSA) is 116 Å². The fourth-order valence-corrected chi connectivity index (χ4v) is 2.09. The third-order valence-electron chi connectivity index (χ3n) is 2.53. The summed E-state index contributed by atoms with van der Waals surface area (Å²) in [5.41, 5.74) is 2.40. The van der Waals surface area contributed by atoms with E-state index in [9.17, 15) is 14.9 Å². The van der Waals surface area contributed by atoms with E-state index in [2.05, 4.69) is 26.3 Å². The van der Waals surface area contributed by atoms with Crippen molar-refractivity contribution in [3.63, 3.8) is 0 Å². The largest absolute Gasteiger partial charge is 0.308 e. The molecule has 0 spiro atoms. The molecule has 2 aromatic rings. The summed E-state index contributed by atoms with van der Waals surface area (Å²) in [5.74, 6) is 5.70. The molecule has 0 atom stereocenters. The monoisotopic (exact) mass is 339 g/mol. The van der Waals surface area contributed by atoms with Crippen LogP contribution in [0.2, 0.25) is 0 Å². The molecule has 3 N–H and O–H groups in total. The molecule has 8 nitrogen and oxygen atoms in total. The van der Waals surface area contributed by atoms with E-state index in [-0.39, 0.29) is 22.3 Å². The molecular formula is C11H10BrN5O3. The highest BCUT2D eigenvalue weighted by atomic mass is 79.9. The molecule has 0 radical (unpaired) electrons. The summed E-state index contributed by atoms with van der Waals surface area (Å²) in [6.07, 6.45) is 1.18. The van der Waals surface area contributed by atoms with Crippen molar-refractivity contribution in [2.75, 3.05) is 5.43 Å². The normalized spacial score (nSPS) is 10.3. The minimum Gasteiger partial charge on any atom is -0.308 e. The molecular weight excluding hydrogens is 330 g/mol. The molecule has 0 saturated carbocycles. The molecule has 20 heavy (non-hydrogen) atoms. The first kappa shape index (κ1) is 14.2. The number of hydrogen-bond acceptors (Lipinski definition) is 6. The summed E-state index contributed by atoms with van der Waals surface area (Å²) < 4.78 is 1.34. The van der Waals surface area contributed by atoms with Crippen molar-refractivity contribution in [1.82, 2.24) is 9.55 Å². The Kier molecular flexibility index (Phi) is 4.11. The van der Waals surface area contributed by atoms with Crippen LogP contribution in [0.1, 0.15) is 5.69 Å². The molecule has 0 aliphatic rings. The molecule has 0 fully saturated rings. The Labute approximate surface area is 121 Å². The smallest absolute Gasteiger partial charge is 0.286 e. The van der Waals surface area contributed by atoms with Gasteiger partial charge < -0.3 is 9.99 Å². The Morgan fingerprint density at radius 1 is 1.50 bits per heavy atom. The Morgan fingerprint density at radius 2 is 2.25 bits per heavy atom. The molecule has 2 heterocycles. The van der Waals surface area contributed by atoms with Gasteiger partial charge in [0.2, 0.25) is 0 Å². The zero-order valence-electron chi connectivity index (χ0n) is 10.1. The second-order valence-electron chi connectivity index (χ2n) is 3.89. The fourth-order valence-electron chi connectivity index (χ4n) is 1.62. The van der Waals surface area contributed by atoms with E-state index in [1.807, 2.05) is 0 Å². The van der Waals surface area contributed by atoms with Crippen LogP contribution in [0.3, 0.4) is 0 Å². The van der Waals surface area contributed by atoms with E-state index in [4.69, 9.17) is 5.84 Å². The number of hydrogen-bond donors (Lipinski definition) is 2. The van der Waals surface area contributed by atoms with E-state index >= 15 is 0 Å². The number of nitrogens with one attached hydrogen (secondary N) is 1. The van der Waals surface area contributed by atoms with Crippen LogP contribution in [0.5, 0.6) is 0 Å². The van der Waals surface area contributed by atoms with Gasteiger partial charge in [0.1, 0.15) is 5.82 Å². The molecule has 0 aromatic carbocycles. The minimum atomic E-state index is -0.564. The van der Waals surface area contributed by atoms with E-state index in [0.717, 1.165) is 0 Å². The van der Waals surface area contributed by atoms with Crippen molar-refractivity contribution in [1.29, 1.82) is 0 Å². The highest BCUT2D eigenvalue weighted by Crippen LogP contribution is 2.15. The van der Waals surface area contributed by atoms with Crippen LogP contribution < -0.4 is 16.8 Å². The first-order valence-electron chi connectivity index (χ1n) is 5.48. The molecule has 0 aliphatic heterocycles. The lowest BCUT2D eigenvalue weighted by molar-refractivity contribution is -0.385. The lowest BCUT2D eigenvalue weighted by Crippen LogP contribution is -2.22. The van der Waals surface area contributed by atoms with Gasteiger partial charge in [-0.1, -0.05) is 6.07 Å². The molecule has 0 amide bonds. The summed E-state index contributed by atoms with van der Waals surface area (Å²) in [4.78, 5) is 26.3. The Balaban J connectivity index is 2.42. The van der Waals surface area contributed by atoms with Crippen LogP contribution in [0, 0.1) is 10.1 Å². The van der Waals surface area contributed by atoms with Crippen molar-refractivity contribution in [2.45, 2.75) is 6.54 Å². The first-order valence-corrected chi connectivity index (χ1v) is 6.27. The van der Waals surface area contributed by atoms with Crippen LogP contribution in [0.4, 0.5) is 11.5 Å². The van der Waals surface area contributed by atoms with Gasteiger partial charge in [-0.25, -0.2) is 10.8 Å². The quantitative estimate of drug-likeness (QED) is 0.492. The SMILES string of the molecule is NNc1cccc(Cn2cc([N+](=O)[O-])cc(Br)c2=O)n1. The zero-order chi connectivity index (χ0) is 14.7. The van der Waals surface area contributed by atoms with Crippen LogP contribution in [0.15, 0.2) is 39.7 Å². The average Bonchev–Trinajstić information content (AvgIpc) is 2.43. The Hall–Kier alpha value is -2.26.